The largest absolute Gasteiger partial charge is 0.469 e. The molecule has 2 heterocycles. The van der Waals surface area contributed by atoms with E-state index in [1.165, 1.54) is 7.11 Å². The smallest absolute Gasteiger partial charge is 0.305 e. The minimum atomic E-state index is -0.569. The van der Waals surface area contributed by atoms with E-state index in [1.807, 2.05) is 37.3 Å². The highest BCUT2D eigenvalue weighted by molar-refractivity contribution is 14.1. The second-order valence-electron chi connectivity index (χ2n) is 8.37. The summed E-state index contributed by atoms with van der Waals surface area (Å²) in [5.41, 5.74) is 2.96. The topological polar surface area (TPSA) is 96.2 Å². The molecule has 3 atom stereocenters. The Kier molecular flexibility index (Phi) is 7.35. The first-order chi connectivity index (χ1) is 15.8. The average Bonchev–Trinajstić information content (AvgIpc) is 3.59. The maximum Gasteiger partial charge on any atom is 0.305 e. The number of hydrogen-bond acceptors (Lipinski definition) is 6. The van der Waals surface area contributed by atoms with Crippen molar-refractivity contribution in [1.82, 2.24) is 4.98 Å². The number of methoxy groups -OCH3 is 1. The number of carbonyl (C=O) groups is 1. The van der Waals surface area contributed by atoms with Gasteiger partial charge in [-0.15, -0.1) is 0 Å². The van der Waals surface area contributed by atoms with Crippen LogP contribution in [-0.2, 0) is 9.53 Å². The Bertz CT molecular complexity index is 1090. The third kappa shape index (κ3) is 5.55. The molecule has 174 valence electrons. The van der Waals surface area contributed by atoms with Gasteiger partial charge in [-0.2, -0.15) is 0 Å². The van der Waals surface area contributed by atoms with Crippen LogP contribution < -0.4 is 5.32 Å². The number of aliphatic hydroxyl groups is 1. The number of nitrogens with one attached hydrogen (secondary N) is 1. The number of fused-ring (bicyclic) bond motifs is 1. The third-order valence-electron chi connectivity index (χ3n) is 5.91. The minimum Gasteiger partial charge on any atom is -0.469 e. The highest BCUT2D eigenvalue weighted by Crippen LogP contribution is 2.49. The van der Waals surface area contributed by atoms with Crippen LogP contribution in [0, 0.1) is 0 Å². The van der Waals surface area contributed by atoms with E-state index < -0.39 is 12.1 Å². The summed E-state index contributed by atoms with van der Waals surface area (Å²) in [6.45, 7) is 1.91. The summed E-state index contributed by atoms with van der Waals surface area (Å²) in [7, 11) is 1.37. The molecule has 2 N–H and O–H groups in total. The number of esters is 1. The van der Waals surface area contributed by atoms with E-state index in [2.05, 4.69) is 32.9 Å². The first kappa shape index (κ1) is 24.1. The summed E-state index contributed by atoms with van der Waals surface area (Å²) >= 11 is 8.66. The molecule has 1 fully saturated rings. The summed E-state index contributed by atoms with van der Waals surface area (Å²) in [5, 5.41) is 14.8. The third-order valence-corrected chi connectivity index (χ3v) is 7.87. The normalized spacial score (nSPS) is 21.8. The van der Waals surface area contributed by atoms with Crippen molar-refractivity contribution in [3.63, 3.8) is 0 Å². The number of rotatable bonds is 7. The number of aliphatic imine (C=N–C) groups is 2. The zero-order chi connectivity index (χ0) is 23.6. The van der Waals surface area contributed by atoms with E-state index in [1.54, 1.807) is 12.3 Å². The van der Waals surface area contributed by atoms with Crippen molar-refractivity contribution in [2.24, 2.45) is 9.98 Å². The van der Waals surface area contributed by atoms with Gasteiger partial charge in [0, 0.05) is 28.9 Å². The van der Waals surface area contributed by atoms with Crippen LogP contribution in [0.3, 0.4) is 0 Å². The van der Waals surface area contributed by atoms with E-state index >= 15 is 0 Å². The molecular weight excluding hydrogens is 555 g/mol. The van der Waals surface area contributed by atoms with Crippen LogP contribution >= 0.6 is 34.2 Å². The van der Waals surface area contributed by atoms with Gasteiger partial charge in [-0.1, -0.05) is 40.3 Å². The number of benzodiazepines with no additional fused rings is 1. The molecule has 4 rings (SSSR count). The van der Waals surface area contributed by atoms with Gasteiger partial charge in [0.15, 0.2) is 0 Å². The van der Waals surface area contributed by atoms with Crippen LogP contribution in [-0.4, -0.2) is 56.3 Å². The minimum absolute atomic E-state index is 0.124. The second kappa shape index (κ2) is 10.1. The molecule has 2 unspecified atom stereocenters. The molecule has 2 aromatic rings. The first-order valence-corrected chi connectivity index (χ1v) is 12.3. The van der Waals surface area contributed by atoms with Gasteiger partial charge >= 0.3 is 5.97 Å². The molecule has 1 saturated carbocycles. The summed E-state index contributed by atoms with van der Waals surface area (Å²) in [5.74, 6) is 0.284. The molecule has 7 nitrogen and oxygen atoms in total. The first-order valence-electron chi connectivity index (χ1n) is 10.9. The lowest BCUT2D eigenvalue weighted by molar-refractivity contribution is -0.140. The molecule has 0 bridgehead atoms. The van der Waals surface area contributed by atoms with Gasteiger partial charge in [-0.3, -0.25) is 19.8 Å². The van der Waals surface area contributed by atoms with Crippen molar-refractivity contribution in [2.75, 3.05) is 12.4 Å². The Morgan fingerprint density at radius 3 is 2.85 bits per heavy atom. The Morgan fingerprint density at radius 1 is 1.39 bits per heavy atom. The molecule has 0 spiro atoms. The fourth-order valence-electron chi connectivity index (χ4n) is 3.85. The number of halogens is 2. The number of aromatic nitrogens is 1. The highest BCUT2D eigenvalue weighted by Gasteiger charge is 2.48. The molecule has 1 aromatic carbocycles. The number of nitrogens with zero attached hydrogens (tertiary/aromatic N) is 3. The van der Waals surface area contributed by atoms with Crippen molar-refractivity contribution in [3.8, 4) is 0 Å². The number of anilines is 1. The zero-order valence-corrected chi connectivity index (χ0v) is 21.4. The van der Waals surface area contributed by atoms with Crippen molar-refractivity contribution in [2.45, 2.75) is 54.2 Å². The lowest BCUT2D eigenvalue weighted by atomic mass is 10.0. The highest BCUT2D eigenvalue weighted by atomic mass is 127. The Balaban J connectivity index is 1.79. The van der Waals surface area contributed by atoms with Gasteiger partial charge < -0.3 is 15.2 Å². The number of ether oxygens (including phenoxy) is 1. The van der Waals surface area contributed by atoms with Crippen LogP contribution in [0.15, 0.2) is 52.6 Å². The molecule has 1 aromatic heterocycles. The van der Waals surface area contributed by atoms with Crippen molar-refractivity contribution >= 4 is 57.4 Å². The van der Waals surface area contributed by atoms with E-state index in [9.17, 15) is 9.90 Å². The summed E-state index contributed by atoms with van der Waals surface area (Å²) in [6, 6.07) is 10.4. The number of alkyl halides is 1. The number of benzene rings is 1. The summed E-state index contributed by atoms with van der Waals surface area (Å²) < 4.78 is 4.73. The van der Waals surface area contributed by atoms with Crippen LogP contribution in [0.5, 0.6) is 0 Å². The van der Waals surface area contributed by atoms with Gasteiger partial charge in [-0.05, 0) is 56.5 Å². The summed E-state index contributed by atoms with van der Waals surface area (Å²) in [6.07, 6.45) is 3.69. The number of hydrogen-bond donors (Lipinski definition) is 2. The maximum absolute atomic E-state index is 11.9. The average molecular weight is 581 g/mol. The molecular formula is C24H26ClIN4O3. The van der Waals surface area contributed by atoms with Gasteiger partial charge in [0.1, 0.15) is 11.9 Å². The number of carbonyl (C=O) groups excluding carboxylic acids is 1. The van der Waals surface area contributed by atoms with E-state index in [-0.39, 0.29) is 21.9 Å². The van der Waals surface area contributed by atoms with Gasteiger partial charge in [-0.25, -0.2) is 0 Å². The van der Waals surface area contributed by atoms with Crippen LogP contribution in [0.4, 0.5) is 5.69 Å². The zero-order valence-electron chi connectivity index (χ0n) is 18.5. The van der Waals surface area contributed by atoms with Crippen molar-refractivity contribution in [1.29, 1.82) is 0 Å². The molecule has 2 aliphatic rings. The Labute approximate surface area is 211 Å². The molecule has 0 saturated heterocycles. The maximum atomic E-state index is 11.9. The fourth-order valence-corrected chi connectivity index (χ4v) is 4.81. The molecule has 1 aliphatic carbocycles. The van der Waals surface area contributed by atoms with Crippen LogP contribution in [0.25, 0.3) is 0 Å². The van der Waals surface area contributed by atoms with Crippen LogP contribution in [0.2, 0.25) is 5.02 Å². The Morgan fingerprint density at radius 2 is 2.18 bits per heavy atom. The summed E-state index contributed by atoms with van der Waals surface area (Å²) in [4.78, 5) is 26.3. The van der Waals surface area contributed by atoms with Crippen molar-refractivity contribution in [3.05, 3.63) is 58.9 Å². The number of aliphatic hydroxyl groups excluding tert-OH is 1. The Hall–Kier alpha value is -2.04. The van der Waals surface area contributed by atoms with E-state index in [0.717, 1.165) is 24.1 Å². The monoisotopic (exact) mass is 580 g/mol. The standard InChI is InChI=1S/C24H26ClIN4O3/c1-14(22(32)24(26)10-11-24)28-23-19(8-9-20(31)33-2)29-21(18-5-3-4-12-27-18)16-13-15(25)6-7-17(16)30-23/h3-7,12-14,19,22,32H,8-11H2,1-2H3,(H,28,30)/t14?,19-,22?/m0/s1. The SMILES string of the molecule is COC(=O)CC[C@@H]1N=C(c2ccccn2)c2cc(Cl)ccc2NC1=NC(C)C(O)C1(I)CC1. The number of pyridine rings is 1. The van der Waals surface area contributed by atoms with Gasteiger partial charge in [0.05, 0.1) is 34.1 Å². The predicted octanol–water partition coefficient (Wildman–Crippen LogP) is 4.44. The number of amidine groups is 1. The molecule has 0 amide bonds. The lowest BCUT2D eigenvalue weighted by Crippen LogP contribution is -2.36. The fraction of sp³-hybridized carbons (Fsp3) is 0.417. The molecule has 1 aliphatic heterocycles. The lowest BCUT2D eigenvalue weighted by Gasteiger charge is -2.23. The van der Waals surface area contributed by atoms with E-state index in [4.69, 9.17) is 26.3 Å². The predicted molar refractivity (Wildman–Crippen MR) is 139 cm³/mol. The van der Waals surface area contributed by atoms with Crippen LogP contribution in [0.1, 0.15) is 43.9 Å². The van der Waals surface area contributed by atoms with E-state index in [0.29, 0.717) is 28.7 Å². The van der Waals surface area contributed by atoms with Gasteiger partial charge in [0.25, 0.3) is 0 Å². The molecule has 9 heteroatoms. The van der Waals surface area contributed by atoms with Gasteiger partial charge in [0.2, 0.25) is 0 Å². The molecule has 33 heavy (non-hydrogen) atoms. The quantitative estimate of drug-likeness (QED) is 0.287. The van der Waals surface area contributed by atoms with Crippen molar-refractivity contribution < 1.29 is 14.6 Å². The second-order valence-corrected chi connectivity index (χ2v) is 11.0. The molecule has 0 radical (unpaired) electrons.